The maximum Gasteiger partial charge on any atom is 0.246 e. The molecular formula is C15H18ClN3O2. The molecule has 2 aliphatic rings. The Morgan fingerprint density at radius 1 is 1.43 bits per heavy atom. The summed E-state index contributed by atoms with van der Waals surface area (Å²) in [7, 11) is 0. The van der Waals surface area contributed by atoms with Crippen molar-refractivity contribution < 1.29 is 9.59 Å². The quantitative estimate of drug-likeness (QED) is 0.922. The second-order valence-electron chi connectivity index (χ2n) is 5.68. The molecule has 0 aromatic carbocycles. The molecule has 2 heterocycles. The van der Waals surface area contributed by atoms with Gasteiger partial charge in [-0.3, -0.25) is 14.6 Å². The average Bonchev–Trinajstić information content (AvgIpc) is 3.29. The summed E-state index contributed by atoms with van der Waals surface area (Å²) in [4.78, 5) is 30.6. The van der Waals surface area contributed by atoms with Crippen molar-refractivity contribution in [3.63, 3.8) is 0 Å². The lowest BCUT2D eigenvalue weighted by molar-refractivity contribution is -0.151. The Kier molecular flexibility index (Phi) is 3.85. The van der Waals surface area contributed by atoms with E-state index in [0.29, 0.717) is 18.0 Å². The molecule has 1 aromatic heterocycles. The van der Waals surface area contributed by atoms with Crippen molar-refractivity contribution in [2.45, 2.75) is 44.8 Å². The molecule has 3 rings (SSSR count). The van der Waals surface area contributed by atoms with Crippen LogP contribution in [0.15, 0.2) is 18.5 Å². The third-order valence-corrected chi connectivity index (χ3v) is 4.52. The normalized spacial score (nSPS) is 25.9. The highest BCUT2D eigenvalue weighted by molar-refractivity contribution is 6.31. The van der Waals surface area contributed by atoms with Crippen LogP contribution in [0.5, 0.6) is 0 Å². The molecule has 0 bridgehead atoms. The van der Waals surface area contributed by atoms with E-state index in [4.69, 9.17) is 11.6 Å². The van der Waals surface area contributed by atoms with E-state index < -0.39 is 6.04 Å². The molecule has 21 heavy (non-hydrogen) atoms. The van der Waals surface area contributed by atoms with E-state index in [0.717, 1.165) is 18.4 Å². The zero-order valence-electron chi connectivity index (χ0n) is 11.9. The van der Waals surface area contributed by atoms with Crippen LogP contribution >= 0.6 is 11.6 Å². The van der Waals surface area contributed by atoms with Gasteiger partial charge in [0.2, 0.25) is 11.8 Å². The Balaban J connectivity index is 1.89. The smallest absolute Gasteiger partial charge is 0.246 e. The number of nitrogens with zero attached hydrogens (tertiary/aromatic N) is 2. The van der Waals surface area contributed by atoms with Crippen molar-refractivity contribution in [2.75, 3.05) is 0 Å². The summed E-state index contributed by atoms with van der Waals surface area (Å²) >= 11 is 6.14. The summed E-state index contributed by atoms with van der Waals surface area (Å²) in [6.07, 6.45) is 5.82. The summed E-state index contributed by atoms with van der Waals surface area (Å²) < 4.78 is 0. The second kappa shape index (κ2) is 5.64. The number of amides is 2. The van der Waals surface area contributed by atoms with Gasteiger partial charge in [-0.05, 0) is 36.8 Å². The number of halogens is 1. The van der Waals surface area contributed by atoms with Crippen LogP contribution in [0.2, 0.25) is 5.02 Å². The molecule has 2 fully saturated rings. The fourth-order valence-electron chi connectivity index (χ4n) is 2.85. The zero-order chi connectivity index (χ0) is 15.0. The molecule has 2 unspecified atom stereocenters. The highest BCUT2D eigenvalue weighted by Crippen LogP contribution is 2.38. The number of pyridine rings is 1. The van der Waals surface area contributed by atoms with E-state index in [-0.39, 0.29) is 23.8 Å². The van der Waals surface area contributed by atoms with E-state index in [1.165, 1.54) is 0 Å². The largest absolute Gasteiger partial charge is 0.343 e. The molecule has 2 atom stereocenters. The van der Waals surface area contributed by atoms with Gasteiger partial charge in [0.1, 0.15) is 12.1 Å². The molecule has 1 aliphatic carbocycles. The molecular weight excluding hydrogens is 290 g/mol. The topological polar surface area (TPSA) is 62.3 Å². The molecule has 2 amide bonds. The summed E-state index contributed by atoms with van der Waals surface area (Å²) in [6, 6.07) is 1.02. The van der Waals surface area contributed by atoms with Gasteiger partial charge in [-0.2, -0.15) is 0 Å². The van der Waals surface area contributed by atoms with E-state index in [1.807, 2.05) is 6.92 Å². The SMILES string of the molecule is CCC1NC(=O)C(C2CC2)N(Cc2ccncc2Cl)C1=O. The van der Waals surface area contributed by atoms with Gasteiger partial charge in [0.05, 0.1) is 5.02 Å². The number of carbonyl (C=O) groups excluding carboxylic acids is 2. The molecule has 5 nitrogen and oxygen atoms in total. The van der Waals surface area contributed by atoms with Gasteiger partial charge < -0.3 is 10.2 Å². The number of hydrogen-bond acceptors (Lipinski definition) is 3. The van der Waals surface area contributed by atoms with Crippen LogP contribution in [0.3, 0.4) is 0 Å². The molecule has 0 radical (unpaired) electrons. The fraction of sp³-hybridized carbons (Fsp3) is 0.533. The van der Waals surface area contributed by atoms with Crippen LogP contribution in [-0.2, 0) is 16.1 Å². The first-order valence-corrected chi connectivity index (χ1v) is 7.69. The van der Waals surface area contributed by atoms with Crippen LogP contribution in [0.4, 0.5) is 0 Å². The Morgan fingerprint density at radius 2 is 2.19 bits per heavy atom. The first kappa shape index (κ1) is 14.3. The number of carbonyl (C=O) groups is 2. The van der Waals surface area contributed by atoms with E-state index in [9.17, 15) is 9.59 Å². The predicted octanol–water partition coefficient (Wildman–Crippen LogP) is 1.75. The minimum absolute atomic E-state index is 0.0121. The Bertz CT molecular complexity index is 574. The van der Waals surface area contributed by atoms with Crippen molar-refractivity contribution in [3.05, 3.63) is 29.0 Å². The number of nitrogens with one attached hydrogen (secondary N) is 1. The minimum atomic E-state index is -0.423. The molecule has 1 N–H and O–H groups in total. The molecule has 1 saturated heterocycles. The van der Waals surface area contributed by atoms with Crippen LogP contribution in [0.1, 0.15) is 31.7 Å². The van der Waals surface area contributed by atoms with Crippen LogP contribution in [0, 0.1) is 5.92 Å². The predicted molar refractivity (Wildman–Crippen MR) is 78.5 cm³/mol. The lowest BCUT2D eigenvalue weighted by Gasteiger charge is -2.39. The van der Waals surface area contributed by atoms with Gasteiger partial charge in [0.15, 0.2) is 0 Å². The van der Waals surface area contributed by atoms with Crippen molar-refractivity contribution in [2.24, 2.45) is 5.92 Å². The van der Waals surface area contributed by atoms with Crippen LogP contribution < -0.4 is 5.32 Å². The van der Waals surface area contributed by atoms with Gasteiger partial charge >= 0.3 is 0 Å². The van der Waals surface area contributed by atoms with Crippen LogP contribution in [0.25, 0.3) is 0 Å². The summed E-state index contributed by atoms with van der Waals surface area (Å²) in [6.45, 7) is 2.27. The van der Waals surface area contributed by atoms with Crippen molar-refractivity contribution in [1.29, 1.82) is 0 Å². The minimum Gasteiger partial charge on any atom is -0.343 e. The van der Waals surface area contributed by atoms with Gasteiger partial charge in [-0.25, -0.2) is 0 Å². The highest BCUT2D eigenvalue weighted by atomic mass is 35.5. The van der Waals surface area contributed by atoms with E-state index >= 15 is 0 Å². The molecule has 6 heteroatoms. The third kappa shape index (κ3) is 2.75. The van der Waals surface area contributed by atoms with Gasteiger partial charge in [0, 0.05) is 18.9 Å². The Hall–Kier alpha value is -1.62. The monoisotopic (exact) mass is 307 g/mol. The molecule has 0 spiro atoms. The zero-order valence-corrected chi connectivity index (χ0v) is 12.6. The number of hydrogen-bond donors (Lipinski definition) is 1. The maximum atomic E-state index is 12.6. The summed E-state index contributed by atoms with van der Waals surface area (Å²) in [5.41, 5.74) is 0.829. The van der Waals surface area contributed by atoms with Crippen LogP contribution in [-0.4, -0.2) is 33.8 Å². The molecule has 1 aromatic rings. The summed E-state index contributed by atoms with van der Waals surface area (Å²) in [5.74, 6) is 0.239. The average molecular weight is 308 g/mol. The maximum absolute atomic E-state index is 12.6. The third-order valence-electron chi connectivity index (χ3n) is 4.18. The lowest BCUT2D eigenvalue weighted by Crippen LogP contribution is -2.63. The molecule has 1 saturated carbocycles. The fourth-order valence-corrected chi connectivity index (χ4v) is 3.03. The highest BCUT2D eigenvalue weighted by Gasteiger charge is 2.47. The standard InChI is InChI=1S/C15H18ClN3O2/c1-2-12-15(21)19(8-10-5-6-17-7-11(10)16)13(9-3-4-9)14(20)18-12/h5-7,9,12-13H,2-4,8H2,1H3,(H,18,20). The van der Waals surface area contributed by atoms with Crippen molar-refractivity contribution in [3.8, 4) is 0 Å². The summed E-state index contributed by atoms with van der Waals surface area (Å²) in [5, 5.41) is 3.37. The Labute approximate surface area is 128 Å². The number of piperazine rings is 1. The Morgan fingerprint density at radius 3 is 2.81 bits per heavy atom. The van der Waals surface area contributed by atoms with E-state index in [2.05, 4.69) is 10.3 Å². The van der Waals surface area contributed by atoms with Gasteiger partial charge in [0.25, 0.3) is 0 Å². The first-order valence-electron chi connectivity index (χ1n) is 7.31. The molecule has 1 aliphatic heterocycles. The van der Waals surface area contributed by atoms with Crippen molar-refractivity contribution >= 4 is 23.4 Å². The first-order chi connectivity index (χ1) is 10.1. The van der Waals surface area contributed by atoms with E-state index in [1.54, 1.807) is 23.4 Å². The second-order valence-corrected chi connectivity index (χ2v) is 6.09. The lowest BCUT2D eigenvalue weighted by atomic mass is 10.0. The van der Waals surface area contributed by atoms with Gasteiger partial charge in [-0.1, -0.05) is 18.5 Å². The number of aromatic nitrogens is 1. The molecule has 112 valence electrons. The number of rotatable bonds is 4. The van der Waals surface area contributed by atoms with Gasteiger partial charge in [-0.15, -0.1) is 0 Å². The van der Waals surface area contributed by atoms with Crippen molar-refractivity contribution in [1.82, 2.24) is 15.2 Å².